The second kappa shape index (κ2) is 5.49. The summed E-state index contributed by atoms with van der Waals surface area (Å²) in [6.45, 7) is 5.85. The summed E-state index contributed by atoms with van der Waals surface area (Å²) in [5.41, 5.74) is 5.55. The van der Waals surface area contributed by atoms with Gasteiger partial charge in [-0.15, -0.1) is 0 Å². The molecule has 1 heterocycles. The molecule has 4 nitrogen and oxygen atoms in total. The third kappa shape index (κ3) is 3.67. The Bertz CT molecular complexity index is 86.4. The molecule has 1 aliphatic rings. The van der Waals surface area contributed by atoms with Crippen LogP contribution in [0.2, 0.25) is 0 Å². The normalized spacial score (nSPS) is 28.6. The van der Waals surface area contributed by atoms with Gasteiger partial charge in [0, 0.05) is 45.3 Å². The van der Waals surface area contributed by atoms with E-state index in [0.29, 0.717) is 12.6 Å². The van der Waals surface area contributed by atoms with Crippen LogP contribution in [-0.4, -0.2) is 45.3 Å². The average Bonchev–Trinajstić information content (AvgIpc) is 2.16. The monoisotopic (exact) mass is 158 g/mol. The third-order valence-corrected chi connectivity index (χ3v) is 1.89. The molecule has 11 heavy (non-hydrogen) atoms. The molecule has 0 spiro atoms. The van der Waals surface area contributed by atoms with Gasteiger partial charge in [0.05, 0.1) is 0 Å². The first-order valence-corrected chi connectivity index (χ1v) is 4.28. The Morgan fingerprint density at radius 1 is 1.09 bits per heavy atom. The highest BCUT2D eigenvalue weighted by Gasteiger charge is 2.05. The first-order chi connectivity index (χ1) is 5.43. The number of nitrogens with one attached hydrogen (secondary N) is 3. The van der Waals surface area contributed by atoms with Gasteiger partial charge >= 0.3 is 0 Å². The van der Waals surface area contributed by atoms with Gasteiger partial charge < -0.3 is 21.7 Å². The largest absolute Gasteiger partial charge is 0.329 e. The maximum Gasteiger partial charge on any atom is 0.0315 e. The summed E-state index contributed by atoms with van der Waals surface area (Å²) in [7, 11) is 0. The van der Waals surface area contributed by atoms with Gasteiger partial charge in [-0.3, -0.25) is 0 Å². The zero-order valence-corrected chi connectivity index (χ0v) is 6.90. The van der Waals surface area contributed by atoms with Gasteiger partial charge in [-0.1, -0.05) is 0 Å². The van der Waals surface area contributed by atoms with E-state index >= 15 is 0 Å². The lowest BCUT2D eigenvalue weighted by Gasteiger charge is -2.14. The molecule has 1 rings (SSSR count). The van der Waals surface area contributed by atoms with Crippen LogP contribution in [-0.2, 0) is 0 Å². The Hall–Kier alpha value is -0.160. The van der Waals surface area contributed by atoms with E-state index in [1.54, 1.807) is 0 Å². The van der Waals surface area contributed by atoms with Crippen molar-refractivity contribution in [1.82, 2.24) is 16.0 Å². The molecule has 0 amide bonds. The van der Waals surface area contributed by atoms with Crippen molar-refractivity contribution >= 4 is 0 Å². The summed E-state index contributed by atoms with van der Waals surface area (Å²) < 4.78 is 0. The number of hydrogen-bond acceptors (Lipinski definition) is 4. The molecule has 4 heteroatoms. The fourth-order valence-electron chi connectivity index (χ4n) is 1.18. The Morgan fingerprint density at radius 2 is 1.82 bits per heavy atom. The van der Waals surface area contributed by atoms with E-state index in [0.717, 1.165) is 32.7 Å². The lowest BCUT2D eigenvalue weighted by molar-refractivity contribution is 0.502. The molecule has 0 unspecified atom stereocenters. The summed E-state index contributed by atoms with van der Waals surface area (Å²) in [4.78, 5) is 0. The molecular formula is C7H18N4. The SMILES string of the molecule is NC[C@@H]1CNCCNCCN1. The van der Waals surface area contributed by atoms with Crippen LogP contribution < -0.4 is 21.7 Å². The third-order valence-electron chi connectivity index (χ3n) is 1.89. The van der Waals surface area contributed by atoms with Crippen molar-refractivity contribution in [2.24, 2.45) is 5.73 Å². The van der Waals surface area contributed by atoms with Crippen LogP contribution in [0.15, 0.2) is 0 Å². The van der Waals surface area contributed by atoms with E-state index in [1.807, 2.05) is 0 Å². The summed E-state index contributed by atoms with van der Waals surface area (Å²) >= 11 is 0. The van der Waals surface area contributed by atoms with Crippen LogP contribution in [0.5, 0.6) is 0 Å². The molecule has 0 bridgehead atoms. The molecular weight excluding hydrogens is 140 g/mol. The lowest BCUT2D eigenvalue weighted by atomic mass is 10.3. The van der Waals surface area contributed by atoms with Crippen molar-refractivity contribution in [3.63, 3.8) is 0 Å². The molecule has 1 saturated heterocycles. The zero-order chi connectivity index (χ0) is 7.94. The summed E-state index contributed by atoms with van der Waals surface area (Å²) in [6, 6.07) is 0.440. The van der Waals surface area contributed by atoms with Crippen LogP contribution in [0.25, 0.3) is 0 Å². The van der Waals surface area contributed by atoms with Crippen molar-refractivity contribution in [2.75, 3.05) is 39.3 Å². The maximum absolute atomic E-state index is 5.55. The van der Waals surface area contributed by atoms with E-state index in [2.05, 4.69) is 16.0 Å². The van der Waals surface area contributed by atoms with Gasteiger partial charge in [0.25, 0.3) is 0 Å². The molecule has 5 N–H and O–H groups in total. The number of hydrogen-bond donors (Lipinski definition) is 4. The van der Waals surface area contributed by atoms with Gasteiger partial charge in [0.1, 0.15) is 0 Å². The molecule has 0 saturated carbocycles. The van der Waals surface area contributed by atoms with E-state index in [-0.39, 0.29) is 0 Å². The molecule has 0 aromatic rings. The highest BCUT2D eigenvalue weighted by atomic mass is 15.1. The quantitative estimate of drug-likeness (QED) is 0.360. The van der Waals surface area contributed by atoms with Gasteiger partial charge in [0.15, 0.2) is 0 Å². The first-order valence-electron chi connectivity index (χ1n) is 4.28. The van der Waals surface area contributed by atoms with Crippen molar-refractivity contribution in [3.8, 4) is 0 Å². The van der Waals surface area contributed by atoms with Crippen molar-refractivity contribution in [3.05, 3.63) is 0 Å². The van der Waals surface area contributed by atoms with Crippen molar-refractivity contribution < 1.29 is 0 Å². The maximum atomic E-state index is 5.55. The summed E-state index contributed by atoms with van der Waals surface area (Å²) in [5, 5.41) is 9.99. The smallest absolute Gasteiger partial charge is 0.0315 e. The Morgan fingerprint density at radius 3 is 2.64 bits per heavy atom. The fraction of sp³-hybridized carbons (Fsp3) is 1.00. The van der Waals surface area contributed by atoms with Crippen LogP contribution in [0.1, 0.15) is 0 Å². The van der Waals surface area contributed by atoms with Gasteiger partial charge in [-0.05, 0) is 0 Å². The molecule has 1 fully saturated rings. The van der Waals surface area contributed by atoms with E-state index in [1.165, 1.54) is 0 Å². The second-order valence-corrected chi connectivity index (χ2v) is 2.84. The van der Waals surface area contributed by atoms with Crippen molar-refractivity contribution in [2.45, 2.75) is 6.04 Å². The Balaban J connectivity index is 2.19. The highest BCUT2D eigenvalue weighted by Crippen LogP contribution is 1.78. The minimum absolute atomic E-state index is 0.440. The minimum atomic E-state index is 0.440. The summed E-state index contributed by atoms with van der Waals surface area (Å²) in [5.74, 6) is 0. The molecule has 1 atom stereocenters. The average molecular weight is 158 g/mol. The Labute approximate surface area is 67.9 Å². The molecule has 0 aromatic heterocycles. The van der Waals surface area contributed by atoms with Gasteiger partial charge in [-0.2, -0.15) is 0 Å². The number of rotatable bonds is 1. The molecule has 0 radical (unpaired) electrons. The van der Waals surface area contributed by atoms with E-state index < -0.39 is 0 Å². The Kier molecular flexibility index (Phi) is 4.45. The fourth-order valence-corrected chi connectivity index (χ4v) is 1.18. The molecule has 0 aromatic carbocycles. The second-order valence-electron chi connectivity index (χ2n) is 2.84. The predicted molar refractivity (Wildman–Crippen MR) is 46.6 cm³/mol. The molecule has 1 aliphatic heterocycles. The first kappa shape index (κ1) is 8.93. The standard InChI is InChI=1S/C7H18N4/c8-5-7-6-10-2-1-9-3-4-11-7/h7,9-11H,1-6,8H2/t7-/m1/s1. The van der Waals surface area contributed by atoms with Crippen molar-refractivity contribution in [1.29, 1.82) is 0 Å². The summed E-state index contributed by atoms with van der Waals surface area (Å²) in [6.07, 6.45) is 0. The number of nitrogens with two attached hydrogens (primary N) is 1. The zero-order valence-electron chi connectivity index (χ0n) is 6.90. The van der Waals surface area contributed by atoms with Crippen LogP contribution in [0, 0.1) is 0 Å². The van der Waals surface area contributed by atoms with Crippen LogP contribution in [0.3, 0.4) is 0 Å². The highest BCUT2D eigenvalue weighted by molar-refractivity contribution is 4.72. The van der Waals surface area contributed by atoms with Crippen LogP contribution >= 0.6 is 0 Å². The minimum Gasteiger partial charge on any atom is -0.329 e. The molecule has 0 aliphatic carbocycles. The van der Waals surface area contributed by atoms with Gasteiger partial charge in [0.2, 0.25) is 0 Å². The van der Waals surface area contributed by atoms with E-state index in [9.17, 15) is 0 Å². The van der Waals surface area contributed by atoms with E-state index in [4.69, 9.17) is 5.73 Å². The topological polar surface area (TPSA) is 62.1 Å². The predicted octanol–water partition coefficient (Wildman–Crippen LogP) is -1.90. The molecule has 66 valence electrons. The van der Waals surface area contributed by atoms with Gasteiger partial charge in [-0.25, -0.2) is 0 Å². The van der Waals surface area contributed by atoms with Crippen LogP contribution in [0.4, 0.5) is 0 Å². The lowest BCUT2D eigenvalue weighted by Crippen LogP contribution is -2.44.